The summed E-state index contributed by atoms with van der Waals surface area (Å²) in [6, 6.07) is 6.22. The number of carbonyl (C=O) groups is 1. The van der Waals surface area contributed by atoms with Crippen molar-refractivity contribution in [3.8, 4) is 0 Å². The Morgan fingerprint density at radius 3 is 2.68 bits per heavy atom. The molecule has 0 radical (unpaired) electrons. The Kier molecular flexibility index (Phi) is 5.42. The smallest absolute Gasteiger partial charge is 0.319 e. The van der Waals surface area contributed by atoms with Gasteiger partial charge in [-0.2, -0.15) is 0 Å². The Labute approximate surface area is 145 Å². The third-order valence-corrected chi connectivity index (χ3v) is 4.12. The quantitative estimate of drug-likeness (QED) is 0.888. The largest absolute Gasteiger partial charge is 0.357 e. The first-order valence-corrected chi connectivity index (χ1v) is 8.31. The topological polar surface area (TPSA) is 57.3 Å². The maximum absolute atomic E-state index is 13.5. The molecule has 2 heterocycles. The number of carbonyl (C=O) groups excluding carboxylic acids is 1. The van der Waals surface area contributed by atoms with Gasteiger partial charge in [-0.15, -0.1) is 0 Å². The van der Waals surface area contributed by atoms with Crippen LogP contribution in [0.15, 0.2) is 36.5 Å². The minimum atomic E-state index is -0.813. The van der Waals surface area contributed by atoms with E-state index < -0.39 is 17.7 Å². The molecule has 0 saturated carbocycles. The van der Waals surface area contributed by atoms with E-state index in [-0.39, 0.29) is 12.2 Å². The average molecular weight is 346 g/mol. The lowest BCUT2D eigenvalue weighted by atomic mass is 10.1. The average Bonchev–Trinajstić information content (AvgIpc) is 2.63. The summed E-state index contributed by atoms with van der Waals surface area (Å²) in [6.45, 7) is 2.28. The summed E-state index contributed by atoms with van der Waals surface area (Å²) in [5, 5.41) is 5.03. The number of amides is 2. The first-order chi connectivity index (χ1) is 12.1. The molecular formula is C18H20F2N4O. The van der Waals surface area contributed by atoms with E-state index >= 15 is 0 Å². The minimum Gasteiger partial charge on any atom is -0.357 e. The molecule has 3 rings (SSSR count). The number of halogens is 2. The van der Waals surface area contributed by atoms with Crippen molar-refractivity contribution in [3.05, 3.63) is 53.7 Å². The van der Waals surface area contributed by atoms with Gasteiger partial charge in [-0.25, -0.2) is 18.6 Å². The van der Waals surface area contributed by atoms with Gasteiger partial charge in [0.05, 0.1) is 5.69 Å². The highest BCUT2D eigenvalue weighted by Gasteiger charge is 2.13. The second-order valence-corrected chi connectivity index (χ2v) is 6.00. The van der Waals surface area contributed by atoms with Crippen LogP contribution in [0.3, 0.4) is 0 Å². The van der Waals surface area contributed by atoms with Gasteiger partial charge in [0.1, 0.15) is 17.5 Å². The number of nitrogens with zero attached hydrogens (tertiary/aromatic N) is 2. The molecule has 2 N–H and O–H groups in total. The van der Waals surface area contributed by atoms with Gasteiger partial charge in [-0.1, -0.05) is 0 Å². The van der Waals surface area contributed by atoms with Gasteiger partial charge in [0, 0.05) is 31.9 Å². The summed E-state index contributed by atoms with van der Waals surface area (Å²) in [5.74, 6) is -0.596. The van der Waals surface area contributed by atoms with Gasteiger partial charge < -0.3 is 15.5 Å². The molecule has 1 aromatic heterocycles. The Balaban J connectivity index is 1.56. The Hall–Kier alpha value is -2.70. The molecule has 1 aliphatic heterocycles. The molecule has 1 saturated heterocycles. The number of anilines is 2. The van der Waals surface area contributed by atoms with Crippen molar-refractivity contribution in [1.29, 1.82) is 0 Å². The number of rotatable bonds is 4. The van der Waals surface area contributed by atoms with E-state index in [2.05, 4.69) is 20.5 Å². The predicted molar refractivity (Wildman–Crippen MR) is 92.5 cm³/mol. The van der Waals surface area contributed by atoms with Crippen molar-refractivity contribution >= 4 is 17.5 Å². The minimum absolute atomic E-state index is 0.0670. The molecule has 0 aliphatic carbocycles. The zero-order valence-corrected chi connectivity index (χ0v) is 13.8. The lowest BCUT2D eigenvalue weighted by Crippen LogP contribution is -2.31. The summed E-state index contributed by atoms with van der Waals surface area (Å²) in [5.41, 5.74) is 0.841. The summed E-state index contributed by atoms with van der Waals surface area (Å²) in [7, 11) is 0. The Morgan fingerprint density at radius 2 is 1.92 bits per heavy atom. The predicted octanol–water partition coefficient (Wildman–Crippen LogP) is 3.67. The van der Waals surface area contributed by atoms with E-state index in [1.807, 2.05) is 12.1 Å². The van der Waals surface area contributed by atoms with E-state index in [4.69, 9.17) is 0 Å². The summed E-state index contributed by atoms with van der Waals surface area (Å²) in [6.07, 6.45) is 5.29. The third-order valence-electron chi connectivity index (χ3n) is 4.12. The van der Waals surface area contributed by atoms with Crippen molar-refractivity contribution < 1.29 is 13.6 Å². The monoisotopic (exact) mass is 346 g/mol. The Bertz CT molecular complexity index is 748. The molecular weight excluding hydrogens is 326 g/mol. The molecule has 25 heavy (non-hydrogen) atoms. The van der Waals surface area contributed by atoms with Crippen LogP contribution < -0.4 is 15.5 Å². The van der Waals surface area contributed by atoms with E-state index in [1.54, 1.807) is 6.20 Å². The summed E-state index contributed by atoms with van der Waals surface area (Å²) in [4.78, 5) is 18.5. The van der Waals surface area contributed by atoms with Crippen LogP contribution in [0.5, 0.6) is 0 Å². The van der Waals surface area contributed by atoms with Gasteiger partial charge in [0.2, 0.25) is 0 Å². The SMILES string of the molecule is O=C(NCc1ccnc(N2CCCCC2)c1)Nc1ccc(F)cc1F. The molecule has 2 amide bonds. The van der Waals surface area contributed by atoms with Gasteiger partial charge in [0.15, 0.2) is 0 Å². The lowest BCUT2D eigenvalue weighted by molar-refractivity contribution is 0.251. The van der Waals surface area contributed by atoms with E-state index in [0.29, 0.717) is 0 Å². The van der Waals surface area contributed by atoms with Crippen LogP contribution in [-0.2, 0) is 6.54 Å². The molecule has 5 nitrogen and oxygen atoms in total. The maximum Gasteiger partial charge on any atom is 0.319 e. The molecule has 7 heteroatoms. The van der Waals surface area contributed by atoms with Crippen LogP contribution in [0.25, 0.3) is 0 Å². The highest BCUT2D eigenvalue weighted by molar-refractivity contribution is 5.89. The normalized spacial score (nSPS) is 14.2. The second-order valence-electron chi connectivity index (χ2n) is 6.00. The van der Waals surface area contributed by atoms with Gasteiger partial charge in [0.25, 0.3) is 0 Å². The molecule has 2 aromatic rings. The zero-order valence-electron chi connectivity index (χ0n) is 13.8. The highest BCUT2D eigenvalue weighted by Crippen LogP contribution is 2.18. The van der Waals surface area contributed by atoms with Crippen molar-refractivity contribution in [3.63, 3.8) is 0 Å². The van der Waals surface area contributed by atoms with Crippen LogP contribution in [-0.4, -0.2) is 24.1 Å². The lowest BCUT2D eigenvalue weighted by Gasteiger charge is -2.27. The number of hydrogen-bond acceptors (Lipinski definition) is 3. The van der Waals surface area contributed by atoms with Crippen molar-refractivity contribution in [1.82, 2.24) is 10.3 Å². The number of hydrogen-bond donors (Lipinski definition) is 2. The number of piperidine rings is 1. The van der Waals surface area contributed by atoms with E-state index in [0.717, 1.165) is 49.4 Å². The molecule has 1 aromatic carbocycles. The number of urea groups is 1. The standard InChI is InChI=1S/C18H20F2N4O/c19-14-4-5-16(15(20)11-14)23-18(25)22-12-13-6-7-21-17(10-13)24-8-2-1-3-9-24/h4-7,10-11H,1-3,8-9,12H2,(H2,22,23,25). The first-order valence-electron chi connectivity index (χ1n) is 8.31. The van der Waals surface area contributed by atoms with Crippen molar-refractivity contribution in [2.75, 3.05) is 23.3 Å². The molecule has 1 aliphatic rings. The number of benzene rings is 1. The fourth-order valence-electron chi connectivity index (χ4n) is 2.81. The second kappa shape index (κ2) is 7.92. The number of nitrogens with one attached hydrogen (secondary N) is 2. The molecule has 1 fully saturated rings. The van der Waals surface area contributed by atoms with Crippen LogP contribution >= 0.6 is 0 Å². The van der Waals surface area contributed by atoms with Gasteiger partial charge in [-0.3, -0.25) is 0 Å². The van der Waals surface area contributed by atoms with Crippen LogP contribution in [0.2, 0.25) is 0 Å². The van der Waals surface area contributed by atoms with Crippen LogP contribution in [0, 0.1) is 11.6 Å². The number of aromatic nitrogens is 1. The molecule has 0 atom stereocenters. The fraction of sp³-hybridized carbons (Fsp3) is 0.333. The van der Waals surface area contributed by atoms with Crippen LogP contribution in [0.4, 0.5) is 25.1 Å². The van der Waals surface area contributed by atoms with Crippen molar-refractivity contribution in [2.45, 2.75) is 25.8 Å². The zero-order chi connectivity index (χ0) is 17.6. The van der Waals surface area contributed by atoms with E-state index in [9.17, 15) is 13.6 Å². The molecule has 0 bridgehead atoms. The van der Waals surface area contributed by atoms with Crippen molar-refractivity contribution in [2.24, 2.45) is 0 Å². The third kappa shape index (κ3) is 4.65. The van der Waals surface area contributed by atoms with E-state index in [1.165, 1.54) is 12.5 Å². The maximum atomic E-state index is 13.5. The van der Waals surface area contributed by atoms with Gasteiger partial charge in [-0.05, 0) is 49.1 Å². The number of pyridine rings is 1. The summed E-state index contributed by atoms with van der Waals surface area (Å²) < 4.78 is 26.4. The fourth-order valence-corrected chi connectivity index (χ4v) is 2.81. The molecule has 0 spiro atoms. The first kappa shape index (κ1) is 17.1. The van der Waals surface area contributed by atoms with Gasteiger partial charge >= 0.3 is 6.03 Å². The highest BCUT2D eigenvalue weighted by atomic mass is 19.1. The molecule has 0 unspecified atom stereocenters. The summed E-state index contributed by atoms with van der Waals surface area (Å²) >= 11 is 0. The molecule has 132 valence electrons. The van der Waals surface area contributed by atoms with Crippen LogP contribution in [0.1, 0.15) is 24.8 Å². The Morgan fingerprint density at radius 1 is 1.12 bits per heavy atom.